The van der Waals surface area contributed by atoms with E-state index in [2.05, 4.69) is 20.2 Å². The first-order valence-corrected chi connectivity index (χ1v) is 9.61. The Morgan fingerprint density at radius 2 is 2.00 bits per heavy atom. The number of aryl methyl sites for hydroxylation is 2. The smallest absolute Gasteiger partial charge is 0.227 e. The second-order valence-electron chi connectivity index (χ2n) is 7.70. The van der Waals surface area contributed by atoms with Gasteiger partial charge in [0.25, 0.3) is 0 Å². The molecule has 7 nitrogen and oxygen atoms in total. The molecule has 3 aromatic heterocycles. The van der Waals surface area contributed by atoms with Crippen molar-refractivity contribution in [3.8, 4) is 17.2 Å². The molecule has 4 rings (SSSR count). The normalized spacial score (nSPS) is 16.6. The van der Waals surface area contributed by atoms with E-state index >= 15 is 0 Å². The van der Waals surface area contributed by atoms with Gasteiger partial charge < -0.3 is 10.3 Å². The first kappa shape index (κ1) is 17.9. The number of hydrogen-bond acceptors (Lipinski definition) is 6. The van der Waals surface area contributed by atoms with E-state index in [0.717, 1.165) is 42.0 Å². The van der Waals surface area contributed by atoms with Crippen LogP contribution in [0.2, 0.25) is 0 Å². The minimum atomic E-state index is 0.111. The maximum atomic E-state index is 6.08. The molecular weight excluding hydrogens is 340 g/mol. The van der Waals surface area contributed by atoms with Gasteiger partial charge in [-0.05, 0) is 56.8 Å². The first-order chi connectivity index (χ1) is 13.1. The minimum Gasteiger partial charge on any atom is -0.339 e. The zero-order valence-electron chi connectivity index (χ0n) is 16.0. The van der Waals surface area contributed by atoms with Crippen molar-refractivity contribution in [1.82, 2.24) is 24.9 Å². The van der Waals surface area contributed by atoms with Crippen LogP contribution >= 0.6 is 0 Å². The van der Waals surface area contributed by atoms with E-state index in [4.69, 9.17) is 10.3 Å². The van der Waals surface area contributed by atoms with Gasteiger partial charge >= 0.3 is 0 Å². The van der Waals surface area contributed by atoms with Crippen LogP contribution in [-0.4, -0.2) is 31.4 Å². The van der Waals surface area contributed by atoms with Crippen molar-refractivity contribution in [3.05, 3.63) is 41.7 Å². The lowest BCUT2D eigenvalue weighted by Crippen LogP contribution is -2.35. The van der Waals surface area contributed by atoms with Gasteiger partial charge in [0.1, 0.15) is 0 Å². The highest BCUT2D eigenvalue weighted by Gasteiger charge is 2.33. The molecule has 0 atom stereocenters. The van der Waals surface area contributed by atoms with Gasteiger partial charge in [0.05, 0.1) is 5.69 Å². The van der Waals surface area contributed by atoms with Gasteiger partial charge in [0.15, 0.2) is 5.82 Å². The van der Waals surface area contributed by atoms with Crippen LogP contribution in [-0.2, 0) is 6.42 Å². The fourth-order valence-corrected chi connectivity index (χ4v) is 4.02. The Kier molecular flexibility index (Phi) is 4.78. The molecule has 0 unspecified atom stereocenters. The summed E-state index contributed by atoms with van der Waals surface area (Å²) in [5, 5.41) is 8.61. The molecule has 0 aromatic carbocycles. The second-order valence-corrected chi connectivity index (χ2v) is 7.70. The maximum absolute atomic E-state index is 6.08. The molecule has 1 fully saturated rings. The molecule has 0 amide bonds. The zero-order valence-corrected chi connectivity index (χ0v) is 16.0. The molecule has 1 saturated carbocycles. The fraction of sp³-hybridized carbons (Fsp3) is 0.500. The summed E-state index contributed by atoms with van der Waals surface area (Å²) < 4.78 is 7.35. The molecule has 7 heteroatoms. The summed E-state index contributed by atoms with van der Waals surface area (Å²) in [5.74, 6) is 2.01. The van der Waals surface area contributed by atoms with Crippen LogP contribution in [0, 0.1) is 19.3 Å². The summed E-state index contributed by atoms with van der Waals surface area (Å²) in [7, 11) is 0. The molecule has 27 heavy (non-hydrogen) atoms. The van der Waals surface area contributed by atoms with Crippen LogP contribution in [0.1, 0.15) is 49.4 Å². The minimum absolute atomic E-state index is 0.111. The SMILES string of the molecule is Cc1cc(C)n(-c2ccc(-c3noc(CC4(CN)CCCCC4)n3)cn2)n1. The number of aromatic nitrogens is 5. The standard InChI is InChI=1S/C20H26N6O/c1-14-10-15(2)26(24-14)17-7-6-16(12-22-17)19-23-18(27-25-19)11-20(13-21)8-4-3-5-9-20/h6-7,10,12H,3-5,8-9,11,13,21H2,1-2H3. The largest absolute Gasteiger partial charge is 0.339 e. The zero-order chi connectivity index (χ0) is 18.9. The van der Waals surface area contributed by atoms with E-state index in [-0.39, 0.29) is 5.41 Å². The average molecular weight is 366 g/mol. The van der Waals surface area contributed by atoms with Gasteiger partial charge in [-0.25, -0.2) is 9.67 Å². The third-order valence-electron chi connectivity index (χ3n) is 5.57. The predicted octanol–water partition coefficient (Wildman–Crippen LogP) is 3.39. The van der Waals surface area contributed by atoms with Crippen LogP contribution in [0.25, 0.3) is 17.2 Å². The number of nitrogens with two attached hydrogens (primary N) is 1. The molecule has 0 spiro atoms. The molecule has 1 aliphatic carbocycles. The Morgan fingerprint density at radius 1 is 1.19 bits per heavy atom. The van der Waals surface area contributed by atoms with Gasteiger partial charge in [0, 0.05) is 23.9 Å². The van der Waals surface area contributed by atoms with Gasteiger partial charge in [-0.1, -0.05) is 24.4 Å². The third kappa shape index (κ3) is 3.64. The van der Waals surface area contributed by atoms with Crippen LogP contribution in [0.15, 0.2) is 28.9 Å². The van der Waals surface area contributed by atoms with E-state index in [9.17, 15) is 0 Å². The van der Waals surface area contributed by atoms with Crippen LogP contribution in [0.4, 0.5) is 0 Å². The van der Waals surface area contributed by atoms with Crippen LogP contribution in [0.5, 0.6) is 0 Å². The number of nitrogens with zero attached hydrogens (tertiary/aromatic N) is 5. The lowest BCUT2D eigenvalue weighted by molar-refractivity contribution is 0.177. The molecule has 0 radical (unpaired) electrons. The number of pyridine rings is 1. The van der Waals surface area contributed by atoms with E-state index in [0.29, 0.717) is 18.3 Å². The molecule has 0 bridgehead atoms. The summed E-state index contributed by atoms with van der Waals surface area (Å²) in [5.41, 5.74) is 9.05. The Hall–Kier alpha value is -2.54. The van der Waals surface area contributed by atoms with Gasteiger partial charge in [-0.2, -0.15) is 10.1 Å². The quantitative estimate of drug-likeness (QED) is 0.743. The lowest BCUT2D eigenvalue weighted by atomic mass is 9.72. The average Bonchev–Trinajstić information content (AvgIpc) is 3.28. The fourth-order valence-electron chi connectivity index (χ4n) is 4.02. The van der Waals surface area contributed by atoms with Crippen molar-refractivity contribution in [2.75, 3.05) is 6.54 Å². The summed E-state index contributed by atoms with van der Waals surface area (Å²) in [6.45, 7) is 4.66. The molecule has 1 aliphatic rings. The van der Waals surface area contributed by atoms with Crippen molar-refractivity contribution in [1.29, 1.82) is 0 Å². The highest BCUT2D eigenvalue weighted by molar-refractivity contribution is 5.53. The molecule has 2 N–H and O–H groups in total. The highest BCUT2D eigenvalue weighted by atomic mass is 16.5. The van der Waals surface area contributed by atoms with Crippen molar-refractivity contribution >= 4 is 0 Å². The van der Waals surface area contributed by atoms with E-state index in [1.165, 1.54) is 19.3 Å². The van der Waals surface area contributed by atoms with Crippen molar-refractivity contribution in [2.24, 2.45) is 11.1 Å². The van der Waals surface area contributed by atoms with E-state index in [1.54, 1.807) is 6.20 Å². The van der Waals surface area contributed by atoms with Crippen molar-refractivity contribution in [2.45, 2.75) is 52.4 Å². The molecular formula is C20H26N6O. The Balaban J connectivity index is 1.52. The first-order valence-electron chi connectivity index (χ1n) is 9.61. The Morgan fingerprint density at radius 3 is 2.63 bits per heavy atom. The van der Waals surface area contributed by atoms with Gasteiger partial charge in [-0.15, -0.1) is 0 Å². The van der Waals surface area contributed by atoms with Crippen LogP contribution < -0.4 is 5.73 Å². The summed E-state index contributed by atoms with van der Waals surface area (Å²) in [6, 6.07) is 5.90. The Labute approximate surface area is 159 Å². The molecule has 142 valence electrons. The number of hydrogen-bond donors (Lipinski definition) is 1. The maximum Gasteiger partial charge on any atom is 0.227 e. The third-order valence-corrected chi connectivity index (χ3v) is 5.57. The monoisotopic (exact) mass is 366 g/mol. The molecule has 3 heterocycles. The molecule has 0 saturated heterocycles. The van der Waals surface area contributed by atoms with Crippen molar-refractivity contribution < 1.29 is 4.52 Å². The predicted molar refractivity (Wildman–Crippen MR) is 102 cm³/mol. The van der Waals surface area contributed by atoms with Gasteiger partial charge in [-0.3, -0.25) is 0 Å². The molecule has 0 aliphatic heterocycles. The van der Waals surface area contributed by atoms with Crippen LogP contribution in [0.3, 0.4) is 0 Å². The summed E-state index contributed by atoms with van der Waals surface area (Å²) in [6.07, 6.45) is 8.56. The second kappa shape index (κ2) is 7.23. The summed E-state index contributed by atoms with van der Waals surface area (Å²) >= 11 is 0. The summed E-state index contributed by atoms with van der Waals surface area (Å²) in [4.78, 5) is 9.11. The molecule has 3 aromatic rings. The van der Waals surface area contributed by atoms with E-state index < -0.39 is 0 Å². The van der Waals surface area contributed by atoms with Crippen molar-refractivity contribution in [3.63, 3.8) is 0 Å². The van der Waals surface area contributed by atoms with Gasteiger partial charge in [0.2, 0.25) is 11.7 Å². The lowest BCUT2D eigenvalue weighted by Gasteiger charge is -2.34. The Bertz CT molecular complexity index is 905. The topological polar surface area (TPSA) is 95.7 Å². The van der Waals surface area contributed by atoms with E-state index in [1.807, 2.05) is 36.7 Å². The highest BCUT2D eigenvalue weighted by Crippen LogP contribution is 2.38. The number of rotatable bonds is 5.